The molecular weight excluding hydrogens is 368 g/mol. The quantitative estimate of drug-likeness (QED) is 0.756. The molecule has 160 valence electrons. The van der Waals surface area contributed by atoms with E-state index in [-0.39, 0.29) is 5.91 Å². The first-order valence-electron chi connectivity index (χ1n) is 11.3. The molecule has 7 heteroatoms. The van der Waals surface area contributed by atoms with E-state index in [0.29, 0.717) is 63.9 Å². The van der Waals surface area contributed by atoms with Gasteiger partial charge in [0.2, 0.25) is 11.8 Å². The monoisotopic (exact) mass is 402 g/mol. The molecule has 0 unspecified atom stereocenters. The molecule has 1 aliphatic carbocycles. The largest absolute Gasteiger partial charge is 0.378 e. The number of ether oxygens (including phenoxy) is 1. The van der Waals surface area contributed by atoms with Crippen molar-refractivity contribution in [2.45, 2.75) is 64.3 Å². The van der Waals surface area contributed by atoms with Crippen LogP contribution in [0.2, 0.25) is 0 Å². The fourth-order valence-electron chi connectivity index (χ4n) is 5.05. The Balaban J connectivity index is 1.36. The molecule has 4 rings (SSSR count). The molecule has 1 saturated heterocycles. The summed E-state index contributed by atoms with van der Waals surface area (Å²) >= 11 is 0. The Kier molecular flexibility index (Phi) is 6.53. The fraction of sp³-hybridized carbons (Fsp3) is 0.773. The molecule has 0 atom stereocenters. The van der Waals surface area contributed by atoms with Gasteiger partial charge >= 0.3 is 0 Å². The summed E-state index contributed by atoms with van der Waals surface area (Å²) < 4.78 is 7.28. The topological polar surface area (TPSA) is 67.7 Å². The summed E-state index contributed by atoms with van der Waals surface area (Å²) in [5, 5.41) is 4.70. The van der Waals surface area contributed by atoms with Crippen LogP contribution in [0.15, 0.2) is 0 Å². The van der Waals surface area contributed by atoms with Crippen molar-refractivity contribution < 1.29 is 14.3 Å². The average molecular weight is 403 g/mol. The van der Waals surface area contributed by atoms with Gasteiger partial charge in [0.05, 0.1) is 18.9 Å². The predicted molar refractivity (Wildman–Crippen MR) is 109 cm³/mol. The highest BCUT2D eigenvalue weighted by molar-refractivity contribution is 5.77. The second kappa shape index (κ2) is 9.28. The normalized spacial score (nSPS) is 20.6. The van der Waals surface area contributed by atoms with Gasteiger partial charge in [0.25, 0.3) is 0 Å². The number of hydrogen-bond donors (Lipinski definition) is 0. The number of carbonyl (C=O) groups excluding carboxylic acids is 2. The van der Waals surface area contributed by atoms with Crippen molar-refractivity contribution >= 4 is 11.8 Å². The molecule has 0 aromatic carbocycles. The summed E-state index contributed by atoms with van der Waals surface area (Å²) in [5.74, 6) is 1.03. The van der Waals surface area contributed by atoms with E-state index in [9.17, 15) is 9.59 Å². The number of morpholine rings is 1. The first-order chi connectivity index (χ1) is 14.1. The molecular formula is C22H34N4O3. The summed E-state index contributed by atoms with van der Waals surface area (Å²) in [5.41, 5.74) is 3.38. The van der Waals surface area contributed by atoms with Crippen molar-refractivity contribution in [3.05, 3.63) is 17.0 Å². The van der Waals surface area contributed by atoms with Gasteiger partial charge in [0, 0.05) is 70.2 Å². The lowest BCUT2D eigenvalue weighted by molar-refractivity contribution is -0.135. The van der Waals surface area contributed by atoms with Gasteiger partial charge < -0.3 is 14.5 Å². The molecule has 0 bridgehead atoms. The number of fused-ring (bicyclic) bond motifs is 1. The van der Waals surface area contributed by atoms with Crippen LogP contribution < -0.4 is 0 Å². The van der Waals surface area contributed by atoms with E-state index in [1.807, 2.05) is 21.5 Å². The van der Waals surface area contributed by atoms with E-state index in [1.165, 1.54) is 43.4 Å². The minimum atomic E-state index is 0.175. The van der Waals surface area contributed by atoms with Crippen molar-refractivity contribution in [3.8, 4) is 0 Å². The Hall–Kier alpha value is -1.89. The van der Waals surface area contributed by atoms with Crippen molar-refractivity contribution in [2.24, 2.45) is 13.0 Å². The smallest absolute Gasteiger partial charge is 0.223 e. The lowest BCUT2D eigenvalue weighted by Gasteiger charge is -2.30. The highest BCUT2D eigenvalue weighted by atomic mass is 16.5. The third-order valence-electron chi connectivity index (χ3n) is 6.81. The maximum absolute atomic E-state index is 12.9. The number of amides is 2. The van der Waals surface area contributed by atoms with Crippen molar-refractivity contribution in [1.82, 2.24) is 19.6 Å². The minimum Gasteiger partial charge on any atom is -0.378 e. The minimum absolute atomic E-state index is 0.175. The summed E-state index contributed by atoms with van der Waals surface area (Å²) in [6.07, 6.45) is 8.92. The van der Waals surface area contributed by atoms with E-state index in [4.69, 9.17) is 9.84 Å². The van der Waals surface area contributed by atoms with Crippen LogP contribution in [0.3, 0.4) is 0 Å². The zero-order valence-corrected chi connectivity index (χ0v) is 17.7. The van der Waals surface area contributed by atoms with E-state index >= 15 is 0 Å². The van der Waals surface area contributed by atoms with Crippen molar-refractivity contribution in [3.63, 3.8) is 0 Å². The van der Waals surface area contributed by atoms with Gasteiger partial charge in [-0.1, -0.05) is 19.3 Å². The average Bonchev–Trinajstić information content (AvgIpc) is 3.08. The highest BCUT2D eigenvalue weighted by Gasteiger charge is 2.28. The third kappa shape index (κ3) is 4.82. The lowest BCUT2D eigenvalue weighted by Crippen LogP contribution is -2.40. The molecule has 1 aromatic rings. The standard InChI is InChI=1S/C22H34N4O3/c1-24-20-9-10-26(22(28)15-17-5-3-2-4-6-17)16-18(20)19(23-24)7-8-21(27)25-11-13-29-14-12-25/h17H,2-16H2,1H3. The maximum Gasteiger partial charge on any atom is 0.223 e. The molecule has 1 saturated carbocycles. The second-order valence-corrected chi connectivity index (χ2v) is 8.76. The molecule has 1 aromatic heterocycles. The van der Waals surface area contributed by atoms with Crippen molar-refractivity contribution in [2.75, 3.05) is 32.8 Å². The molecule has 0 spiro atoms. The van der Waals surface area contributed by atoms with Gasteiger partial charge in [-0.25, -0.2) is 0 Å². The number of hydrogen-bond acceptors (Lipinski definition) is 4. The van der Waals surface area contributed by atoms with Gasteiger partial charge in [-0.05, 0) is 18.8 Å². The van der Waals surface area contributed by atoms with Crippen LogP contribution in [0.4, 0.5) is 0 Å². The van der Waals surface area contributed by atoms with Crippen LogP contribution in [0.5, 0.6) is 0 Å². The molecule has 2 amide bonds. The van der Waals surface area contributed by atoms with Gasteiger partial charge in [-0.2, -0.15) is 5.10 Å². The van der Waals surface area contributed by atoms with E-state index in [1.54, 1.807) is 0 Å². The Morgan fingerprint density at radius 2 is 1.79 bits per heavy atom. The Bertz CT molecular complexity index is 733. The first-order valence-corrected chi connectivity index (χ1v) is 11.3. The zero-order valence-electron chi connectivity index (χ0n) is 17.7. The number of aromatic nitrogens is 2. The number of carbonyl (C=O) groups is 2. The molecule has 7 nitrogen and oxygen atoms in total. The number of nitrogens with zero attached hydrogens (tertiary/aromatic N) is 4. The van der Waals surface area contributed by atoms with Crippen LogP contribution in [-0.2, 0) is 40.8 Å². The van der Waals surface area contributed by atoms with E-state index in [0.717, 1.165) is 18.7 Å². The molecule has 3 heterocycles. The first kappa shape index (κ1) is 20.4. The molecule has 2 aliphatic heterocycles. The molecule has 0 radical (unpaired) electrons. The van der Waals surface area contributed by atoms with Crippen molar-refractivity contribution in [1.29, 1.82) is 0 Å². The highest BCUT2D eigenvalue weighted by Crippen LogP contribution is 2.29. The van der Waals surface area contributed by atoms with E-state index < -0.39 is 0 Å². The van der Waals surface area contributed by atoms with Gasteiger partial charge in [0.15, 0.2) is 0 Å². The predicted octanol–water partition coefficient (Wildman–Crippen LogP) is 2.07. The van der Waals surface area contributed by atoms with Gasteiger partial charge in [-0.3, -0.25) is 14.3 Å². The molecule has 29 heavy (non-hydrogen) atoms. The lowest BCUT2D eigenvalue weighted by atomic mass is 9.86. The summed E-state index contributed by atoms with van der Waals surface area (Å²) in [6.45, 7) is 4.05. The summed E-state index contributed by atoms with van der Waals surface area (Å²) in [6, 6.07) is 0. The Morgan fingerprint density at radius 1 is 1.03 bits per heavy atom. The van der Waals surface area contributed by atoms with Crippen LogP contribution in [-0.4, -0.2) is 64.2 Å². The number of rotatable bonds is 5. The van der Waals surface area contributed by atoms with Gasteiger partial charge in [0.1, 0.15) is 0 Å². The second-order valence-electron chi connectivity index (χ2n) is 8.76. The van der Waals surface area contributed by atoms with Crippen LogP contribution >= 0.6 is 0 Å². The number of aryl methyl sites for hydroxylation is 2. The summed E-state index contributed by atoms with van der Waals surface area (Å²) in [7, 11) is 1.98. The maximum atomic E-state index is 12.9. The SMILES string of the molecule is Cn1nc(CCC(=O)N2CCOCC2)c2c1CCN(C(=O)CC1CCCCC1)C2. The van der Waals surface area contributed by atoms with Crippen LogP contribution in [0.1, 0.15) is 61.9 Å². The fourth-order valence-corrected chi connectivity index (χ4v) is 5.05. The summed E-state index contributed by atoms with van der Waals surface area (Å²) in [4.78, 5) is 29.3. The van der Waals surface area contributed by atoms with Gasteiger partial charge in [-0.15, -0.1) is 0 Å². The van der Waals surface area contributed by atoms with E-state index in [2.05, 4.69) is 0 Å². The van der Waals surface area contributed by atoms with Crippen LogP contribution in [0, 0.1) is 5.92 Å². The molecule has 2 fully saturated rings. The molecule has 0 N–H and O–H groups in total. The molecule has 3 aliphatic rings. The zero-order chi connectivity index (χ0) is 20.2. The Morgan fingerprint density at radius 3 is 2.55 bits per heavy atom. The third-order valence-corrected chi connectivity index (χ3v) is 6.81. The Labute approximate surface area is 173 Å². The van der Waals surface area contributed by atoms with Crippen LogP contribution in [0.25, 0.3) is 0 Å².